The van der Waals surface area contributed by atoms with E-state index in [1.54, 1.807) is 13.8 Å². The van der Waals surface area contributed by atoms with Gasteiger partial charge in [0.15, 0.2) is 5.78 Å². The molecule has 0 heterocycles. The zero-order valence-electron chi connectivity index (χ0n) is 9.14. The molecule has 16 heavy (non-hydrogen) atoms. The van der Waals surface area contributed by atoms with Crippen LogP contribution in [-0.4, -0.2) is 12.0 Å². The first-order chi connectivity index (χ1) is 7.29. The summed E-state index contributed by atoms with van der Waals surface area (Å²) in [6, 6.07) is 5.60. The molecule has 0 N–H and O–H groups in total. The minimum atomic E-state index is -4.20. The Morgan fingerprint density at radius 1 is 1.19 bits per heavy atom. The molecule has 88 valence electrons. The fourth-order valence-corrected chi connectivity index (χ4v) is 1.35. The van der Waals surface area contributed by atoms with Crippen molar-refractivity contribution in [2.75, 3.05) is 0 Å². The first kappa shape index (κ1) is 12.7. The van der Waals surface area contributed by atoms with Crippen LogP contribution in [0.25, 0.3) is 0 Å². The Morgan fingerprint density at radius 3 is 2.06 bits per heavy atom. The number of alkyl halides is 3. The third kappa shape index (κ3) is 3.68. The fraction of sp³-hybridized carbons (Fsp3) is 0.417. The predicted molar refractivity (Wildman–Crippen MR) is 55.4 cm³/mol. The highest BCUT2D eigenvalue weighted by Gasteiger charge is 2.27. The fourth-order valence-electron chi connectivity index (χ4n) is 1.35. The molecule has 0 aliphatic rings. The van der Waals surface area contributed by atoms with E-state index in [1.807, 2.05) is 0 Å². The highest BCUT2D eigenvalue weighted by Crippen LogP contribution is 2.21. The molecule has 0 radical (unpaired) electrons. The number of hydrogen-bond donors (Lipinski definition) is 0. The van der Waals surface area contributed by atoms with Gasteiger partial charge in [0.2, 0.25) is 0 Å². The van der Waals surface area contributed by atoms with Crippen LogP contribution in [0.1, 0.15) is 29.8 Å². The normalized spacial score (nSPS) is 11.9. The molecule has 0 saturated heterocycles. The highest BCUT2D eigenvalue weighted by molar-refractivity contribution is 5.97. The van der Waals surface area contributed by atoms with Gasteiger partial charge in [-0.05, 0) is 5.56 Å². The number of carbonyl (C=O) groups excluding carboxylic acids is 1. The summed E-state index contributed by atoms with van der Waals surface area (Å²) in [6.07, 6.45) is -5.16. The second kappa shape index (κ2) is 4.68. The molecule has 0 fully saturated rings. The van der Waals surface area contributed by atoms with E-state index in [2.05, 4.69) is 0 Å². The van der Waals surface area contributed by atoms with Gasteiger partial charge in [-0.2, -0.15) is 13.2 Å². The van der Waals surface area contributed by atoms with Gasteiger partial charge in [-0.1, -0.05) is 38.1 Å². The van der Waals surface area contributed by atoms with E-state index in [0.717, 1.165) is 0 Å². The number of rotatable bonds is 3. The number of halogens is 3. The second-order valence-electron chi connectivity index (χ2n) is 4.01. The number of benzene rings is 1. The Hall–Kier alpha value is -1.32. The van der Waals surface area contributed by atoms with Crippen molar-refractivity contribution < 1.29 is 18.0 Å². The third-order valence-corrected chi connectivity index (χ3v) is 2.17. The summed E-state index contributed by atoms with van der Waals surface area (Å²) in [5.41, 5.74) is 0.633. The van der Waals surface area contributed by atoms with Crippen LogP contribution in [0.5, 0.6) is 0 Å². The summed E-state index contributed by atoms with van der Waals surface area (Å²) < 4.78 is 36.2. The topological polar surface area (TPSA) is 17.1 Å². The molecule has 0 atom stereocenters. The summed E-state index contributed by atoms with van der Waals surface area (Å²) in [5.74, 6) is -0.202. The van der Waals surface area contributed by atoms with Gasteiger partial charge in [0.05, 0.1) is 6.42 Å². The minimum Gasteiger partial charge on any atom is -0.294 e. The molecular formula is C12H13F3O. The quantitative estimate of drug-likeness (QED) is 0.724. The van der Waals surface area contributed by atoms with E-state index < -0.39 is 12.6 Å². The summed E-state index contributed by atoms with van der Waals surface area (Å²) in [7, 11) is 0. The molecule has 0 aliphatic carbocycles. The number of hydrogen-bond acceptors (Lipinski definition) is 1. The van der Waals surface area contributed by atoms with Gasteiger partial charge in [-0.25, -0.2) is 0 Å². The molecule has 1 nitrogen and oxygen atoms in total. The van der Waals surface area contributed by atoms with Crippen molar-refractivity contribution in [3.05, 3.63) is 35.4 Å². The van der Waals surface area contributed by atoms with E-state index in [9.17, 15) is 18.0 Å². The molecule has 0 amide bonds. The summed E-state index contributed by atoms with van der Waals surface area (Å²) in [5, 5.41) is 0. The van der Waals surface area contributed by atoms with Crippen LogP contribution in [0.2, 0.25) is 0 Å². The van der Waals surface area contributed by atoms with Crippen LogP contribution in [0.3, 0.4) is 0 Å². The molecule has 0 aliphatic heterocycles. The van der Waals surface area contributed by atoms with Gasteiger partial charge < -0.3 is 0 Å². The monoisotopic (exact) mass is 230 g/mol. The molecule has 1 rings (SSSR count). The molecule has 0 spiro atoms. The number of Topliss-reactive ketones (excluding diaryl/α,β-unsaturated/α-hetero) is 1. The van der Waals surface area contributed by atoms with E-state index in [1.165, 1.54) is 24.3 Å². The SMILES string of the molecule is CC(C)C(=O)c1ccc(CC(F)(F)F)cc1. The van der Waals surface area contributed by atoms with Crippen molar-refractivity contribution in [1.82, 2.24) is 0 Å². The van der Waals surface area contributed by atoms with E-state index in [4.69, 9.17) is 0 Å². The van der Waals surface area contributed by atoms with Crippen molar-refractivity contribution in [3.8, 4) is 0 Å². The van der Waals surface area contributed by atoms with Crippen molar-refractivity contribution in [2.24, 2.45) is 5.92 Å². The Balaban J connectivity index is 2.80. The van der Waals surface area contributed by atoms with Gasteiger partial charge in [-0.3, -0.25) is 4.79 Å². The predicted octanol–water partition coefficient (Wildman–Crippen LogP) is 3.63. The zero-order chi connectivity index (χ0) is 12.3. The minimum absolute atomic E-state index is 0.0569. The third-order valence-electron chi connectivity index (χ3n) is 2.17. The molecule has 1 aromatic rings. The zero-order valence-corrected chi connectivity index (χ0v) is 9.14. The lowest BCUT2D eigenvalue weighted by molar-refractivity contribution is -0.127. The van der Waals surface area contributed by atoms with Crippen molar-refractivity contribution >= 4 is 5.78 Å². The van der Waals surface area contributed by atoms with Gasteiger partial charge in [0.25, 0.3) is 0 Å². The molecule has 0 bridgehead atoms. The largest absolute Gasteiger partial charge is 0.393 e. The molecule has 0 unspecified atom stereocenters. The van der Waals surface area contributed by atoms with Gasteiger partial charge in [0.1, 0.15) is 0 Å². The highest BCUT2D eigenvalue weighted by atomic mass is 19.4. The van der Waals surface area contributed by atoms with Gasteiger partial charge in [0, 0.05) is 11.5 Å². The molecular weight excluding hydrogens is 217 g/mol. The van der Waals surface area contributed by atoms with Crippen LogP contribution in [0.15, 0.2) is 24.3 Å². The molecule has 4 heteroatoms. The van der Waals surface area contributed by atoms with Gasteiger partial charge >= 0.3 is 6.18 Å². The maximum absolute atomic E-state index is 12.1. The Kier molecular flexibility index (Phi) is 3.73. The first-order valence-corrected chi connectivity index (χ1v) is 4.99. The van der Waals surface area contributed by atoms with Crippen LogP contribution in [0.4, 0.5) is 13.2 Å². The Morgan fingerprint density at radius 2 is 1.69 bits per heavy atom. The standard InChI is InChI=1S/C12H13F3O/c1-8(2)11(16)10-5-3-9(4-6-10)7-12(13,14)15/h3-6,8H,7H2,1-2H3. The maximum atomic E-state index is 12.1. The lowest BCUT2D eigenvalue weighted by Gasteiger charge is -2.08. The van der Waals surface area contributed by atoms with Crippen LogP contribution in [0, 0.1) is 5.92 Å². The first-order valence-electron chi connectivity index (χ1n) is 4.99. The van der Waals surface area contributed by atoms with Gasteiger partial charge in [-0.15, -0.1) is 0 Å². The smallest absolute Gasteiger partial charge is 0.294 e. The average molecular weight is 230 g/mol. The Bertz CT molecular complexity index is 363. The summed E-state index contributed by atoms with van der Waals surface area (Å²) >= 11 is 0. The van der Waals surface area contributed by atoms with Crippen molar-refractivity contribution in [1.29, 1.82) is 0 Å². The summed E-state index contributed by atoms with van der Waals surface area (Å²) in [4.78, 5) is 11.5. The Labute approximate surface area is 92.3 Å². The molecule has 0 aromatic heterocycles. The van der Waals surface area contributed by atoms with Crippen LogP contribution >= 0.6 is 0 Å². The van der Waals surface area contributed by atoms with E-state index in [-0.39, 0.29) is 17.3 Å². The molecule has 1 aromatic carbocycles. The van der Waals surface area contributed by atoms with E-state index in [0.29, 0.717) is 5.56 Å². The number of carbonyl (C=O) groups is 1. The van der Waals surface area contributed by atoms with Crippen molar-refractivity contribution in [3.63, 3.8) is 0 Å². The number of ketones is 1. The average Bonchev–Trinajstić information content (AvgIpc) is 2.15. The molecule has 0 saturated carbocycles. The lowest BCUT2D eigenvalue weighted by Crippen LogP contribution is -2.12. The van der Waals surface area contributed by atoms with E-state index >= 15 is 0 Å². The lowest BCUT2D eigenvalue weighted by atomic mass is 9.99. The maximum Gasteiger partial charge on any atom is 0.393 e. The van der Waals surface area contributed by atoms with Crippen molar-refractivity contribution in [2.45, 2.75) is 26.4 Å². The summed E-state index contributed by atoms with van der Waals surface area (Å²) in [6.45, 7) is 3.51. The van der Waals surface area contributed by atoms with Crippen LogP contribution < -0.4 is 0 Å². The second-order valence-corrected chi connectivity index (χ2v) is 4.01. The van der Waals surface area contributed by atoms with Crippen LogP contribution in [-0.2, 0) is 6.42 Å².